The van der Waals surface area contributed by atoms with E-state index in [9.17, 15) is 13.2 Å². The average Bonchev–Trinajstić information content (AvgIpc) is 3.20. The fourth-order valence-electron chi connectivity index (χ4n) is 2.95. The zero-order valence-electron chi connectivity index (χ0n) is 18.0. The van der Waals surface area contributed by atoms with E-state index in [1.165, 1.54) is 25.0 Å². The Morgan fingerprint density at radius 3 is 2.52 bits per heavy atom. The molecule has 0 bridgehead atoms. The SMILES string of the molecule is Cc1cc(S(=O)(=O)N(C)C)cc(NC(=O)CCCn2nnc(-c3ccccc3)n2)c1C. The summed E-state index contributed by atoms with van der Waals surface area (Å²) in [5, 5.41) is 15.2. The highest BCUT2D eigenvalue weighted by molar-refractivity contribution is 7.89. The van der Waals surface area contributed by atoms with Gasteiger partial charge in [-0.1, -0.05) is 30.3 Å². The van der Waals surface area contributed by atoms with E-state index < -0.39 is 10.0 Å². The normalized spacial score (nSPS) is 11.6. The van der Waals surface area contributed by atoms with Crippen molar-refractivity contribution < 1.29 is 13.2 Å². The third-order valence-corrected chi connectivity index (χ3v) is 6.73. The molecular weight excluding hydrogens is 416 g/mol. The fraction of sp³-hybridized carbons (Fsp3) is 0.333. The highest BCUT2D eigenvalue weighted by Gasteiger charge is 2.20. The zero-order chi connectivity index (χ0) is 22.6. The largest absolute Gasteiger partial charge is 0.326 e. The molecular formula is C21H26N6O3S. The molecule has 9 nitrogen and oxygen atoms in total. The monoisotopic (exact) mass is 442 g/mol. The first-order chi connectivity index (χ1) is 14.7. The number of aromatic nitrogens is 4. The Morgan fingerprint density at radius 2 is 1.84 bits per heavy atom. The molecule has 1 amide bonds. The first kappa shape index (κ1) is 22.6. The number of hydrogen-bond acceptors (Lipinski definition) is 6. The van der Waals surface area contributed by atoms with Crippen LogP contribution < -0.4 is 5.32 Å². The van der Waals surface area contributed by atoms with Crippen LogP contribution in [0, 0.1) is 13.8 Å². The summed E-state index contributed by atoms with van der Waals surface area (Å²) in [5.41, 5.74) is 3.00. The number of carbonyl (C=O) groups is 1. The molecule has 0 unspecified atom stereocenters. The highest BCUT2D eigenvalue weighted by atomic mass is 32.2. The van der Waals surface area contributed by atoms with Gasteiger partial charge >= 0.3 is 0 Å². The Morgan fingerprint density at radius 1 is 1.13 bits per heavy atom. The second-order valence-electron chi connectivity index (χ2n) is 7.43. The van der Waals surface area contributed by atoms with E-state index in [1.807, 2.05) is 44.2 Å². The van der Waals surface area contributed by atoms with Crippen LogP contribution >= 0.6 is 0 Å². The molecule has 0 saturated heterocycles. The minimum atomic E-state index is -3.59. The molecule has 2 aromatic carbocycles. The molecule has 0 aliphatic heterocycles. The lowest BCUT2D eigenvalue weighted by atomic mass is 10.1. The number of amides is 1. The van der Waals surface area contributed by atoms with Crippen LogP contribution in [0.25, 0.3) is 11.4 Å². The summed E-state index contributed by atoms with van der Waals surface area (Å²) >= 11 is 0. The maximum absolute atomic E-state index is 12.5. The van der Waals surface area contributed by atoms with Crippen LogP contribution in [-0.2, 0) is 21.4 Å². The van der Waals surface area contributed by atoms with Crippen molar-refractivity contribution in [3.8, 4) is 11.4 Å². The minimum Gasteiger partial charge on any atom is -0.326 e. The fourth-order valence-corrected chi connectivity index (χ4v) is 3.96. The number of nitrogens with zero attached hydrogens (tertiary/aromatic N) is 5. The number of tetrazole rings is 1. The molecule has 0 atom stereocenters. The third kappa shape index (κ3) is 5.33. The van der Waals surface area contributed by atoms with E-state index in [1.54, 1.807) is 6.07 Å². The number of hydrogen-bond donors (Lipinski definition) is 1. The Labute approximate surface area is 182 Å². The topological polar surface area (TPSA) is 110 Å². The summed E-state index contributed by atoms with van der Waals surface area (Å²) in [6.07, 6.45) is 0.759. The zero-order valence-corrected chi connectivity index (χ0v) is 18.8. The number of anilines is 1. The summed E-state index contributed by atoms with van der Waals surface area (Å²) in [6, 6.07) is 12.7. The van der Waals surface area contributed by atoms with Gasteiger partial charge < -0.3 is 5.32 Å². The van der Waals surface area contributed by atoms with Gasteiger partial charge in [0.2, 0.25) is 21.8 Å². The lowest BCUT2D eigenvalue weighted by Crippen LogP contribution is -2.23. The molecule has 3 rings (SSSR count). The smallest absolute Gasteiger partial charge is 0.242 e. The molecule has 31 heavy (non-hydrogen) atoms. The average molecular weight is 443 g/mol. The molecule has 10 heteroatoms. The van der Waals surface area contributed by atoms with E-state index in [4.69, 9.17) is 0 Å². The van der Waals surface area contributed by atoms with Crippen molar-refractivity contribution >= 4 is 21.6 Å². The van der Waals surface area contributed by atoms with Crippen molar-refractivity contribution in [2.45, 2.75) is 38.1 Å². The van der Waals surface area contributed by atoms with Gasteiger partial charge in [-0.15, -0.1) is 10.2 Å². The van der Waals surface area contributed by atoms with Crippen LogP contribution in [-0.4, -0.2) is 52.9 Å². The van der Waals surface area contributed by atoms with Crippen LogP contribution in [0.2, 0.25) is 0 Å². The van der Waals surface area contributed by atoms with Gasteiger partial charge in [0.15, 0.2) is 0 Å². The molecule has 1 aromatic heterocycles. The molecule has 0 spiro atoms. The first-order valence-electron chi connectivity index (χ1n) is 9.85. The summed E-state index contributed by atoms with van der Waals surface area (Å²) in [7, 11) is -0.640. The molecule has 164 valence electrons. The van der Waals surface area contributed by atoms with Crippen LogP contribution in [0.5, 0.6) is 0 Å². The van der Waals surface area contributed by atoms with Gasteiger partial charge in [-0.3, -0.25) is 4.79 Å². The van der Waals surface area contributed by atoms with Crippen molar-refractivity contribution in [2.24, 2.45) is 0 Å². The maximum atomic E-state index is 12.5. The van der Waals surface area contributed by atoms with Crippen molar-refractivity contribution in [1.29, 1.82) is 0 Å². The third-order valence-electron chi connectivity index (χ3n) is 4.94. The summed E-state index contributed by atoms with van der Waals surface area (Å²) in [6.45, 7) is 4.11. The molecule has 0 aliphatic carbocycles. The van der Waals surface area contributed by atoms with Gasteiger partial charge in [0, 0.05) is 31.8 Å². The molecule has 1 N–H and O–H groups in total. The Bertz CT molecular complexity index is 1170. The standard InChI is InChI=1S/C21H26N6O3S/c1-15-13-18(31(29,30)26(3)4)14-19(16(15)2)22-20(28)11-8-12-27-24-21(23-25-27)17-9-6-5-7-10-17/h5-7,9-10,13-14H,8,11-12H2,1-4H3,(H,22,28). The predicted molar refractivity (Wildman–Crippen MR) is 118 cm³/mol. The van der Waals surface area contributed by atoms with Crippen LogP contribution in [0.1, 0.15) is 24.0 Å². The van der Waals surface area contributed by atoms with E-state index >= 15 is 0 Å². The van der Waals surface area contributed by atoms with Gasteiger partial charge in [-0.25, -0.2) is 12.7 Å². The van der Waals surface area contributed by atoms with Crippen molar-refractivity contribution in [3.63, 3.8) is 0 Å². The van der Waals surface area contributed by atoms with Gasteiger partial charge in [-0.05, 0) is 48.7 Å². The van der Waals surface area contributed by atoms with Crippen molar-refractivity contribution in [3.05, 3.63) is 53.6 Å². The van der Waals surface area contributed by atoms with Gasteiger partial charge in [-0.2, -0.15) is 4.80 Å². The number of nitrogens with one attached hydrogen (secondary N) is 1. The molecule has 0 fully saturated rings. The summed E-state index contributed by atoms with van der Waals surface area (Å²) < 4.78 is 26.1. The van der Waals surface area contributed by atoms with E-state index in [2.05, 4.69) is 20.7 Å². The van der Waals surface area contributed by atoms with E-state index in [-0.39, 0.29) is 17.2 Å². The number of carbonyl (C=O) groups excluding carboxylic acids is 1. The first-order valence-corrected chi connectivity index (χ1v) is 11.3. The van der Waals surface area contributed by atoms with Crippen LogP contribution in [0.15, 0.2) is 47.4 Å². The Hall–Kier alpha value is -3.11. The Kier molecular flexibility index (Phi) is 6.81. The second-order valence-corrected chi connectivity index (χ2v) is 9.58. The van der Waals surface area contributed by atoms with Gasteiger partial charge in [0.05, 0.1) is 11.4 Å². The molecule has 1 heterocycles. The number of benzene rings is 2. The Balaban J connectivity index is 1.61. The predicted octanol–water partition coefficient (Wildman–Crippen LogP) is 2.63. The highest BCUT2D eigenvalue weighted by Crippen LogP contribution is 2.25. The minimum absolute atomic E-state index is 0.149. The summed E-state index contributed by atoms with van der Waals surface area (Å²) in [4.78, 5) is 14.1. The second kappa shape index (κ2) is 9.36. The number of rotatable bonds is 8. The van der Waals surface area contributed by atoms with E-state index in [0.717, 1.165) is 21.0 Å². The number of sulfonamides is 1. The molecule has 0 saturated carbocycles. The lowest BCUT2D eigenvalue weighted by Gasteiger charge is -2.16. The van der Waals surface area contributed by atoms with Crippen molar-refractivity contribution in [2.75, 3.05) is 19.4 Å². The summed E-state index contributed by atoms with van der Waals surface area (Å²) in [5.74, 6) is 0.334. The van der Waals surface area contributed by atoms with Gasteiger partial charge in [0.1, 0.15) is 0 Å². The number of aryl methyl sites for hydroxylation is 2. The quantitative estimate of drug-likeness (QED) is 0.574. The van der Waals surface area contributed by atoms with Crippen molar-refractivity contribution in [1.82, 2.24) is 24.5 Å². The molecule has 0 radical (unpaired) electrons. The molecule has 3 aromatic rings. The lowest BCUT2D eigenvalue weighted by molar-refractivity contribution is -0.116. The van der Waals surface area contributed by atoms with Crippen LogP contribution in [0.4, 0.5) is 5.69 Å². The van der Waals surface area contributed by atoms with Gasteiger partial charge in [0.25, 0.3) is 0 Å². The molecule has 0 aliphatic rings. The van der Waals surface area contributed by atoms with Crippen LogP contribution in [0.3, 0.4) is 0 Å². The van der Waals surface area contributed by atoms with E-state index in [0.29, 0.717) is 24.5 Å². The maximum Gasteiger partial charge on any atom is 0.242 e.